The van der Waals surface area contributed by atoms with Gasteiger partial charge in [-0.15, -0.1) is 0 Å². The van der Waals surface area contributed by atoms with Crippen molar-refractivity contribution in [1.82, 2.24) is 10.2 Å². The van der Waals surface area contributed by atoms with Crippen LogP contribution in [0, 0.1) is 5.92 Å². The first-order valence-electron chi connectivity index (χ1n) is 7.40. The number of rotatable bonds is 5. The second-order valence-corrected chi connectivity index (χ2v) is 5.49. The topological polar surface area (TPSA) is 24.5 Å². The molecule has 2 rings (SSSR count). The smallest absolute Gasteiger partial charge is 0.0521 e. The fraction of sp³-hybridized carbons (Fsp3) is 1.00. The molecular formula is C14H28N2O. The molecule has 2 fully saturated rings. The standard InChI is InChI=1S/C14H28N2O/c1-3-13-6-5-8-16(13)10-12-11-17-9-7-14(12)15-4-2/h12-15H,3-11H2,1-2H3. The average Bonchev–Trinajstić information content (AvgIpc) is 2.79. The van der Waals surface area contributed by atoms with E-state index >= 15 is 0 Å². The van der Waals surface area contributed by atoms with Gasteiger partial charge in [0.25, 0.3) is 0 Å². The highest BCUT2D eigenvalue weighted by molar-refractivity contribution is 4.86. The summed E-state index contributed by atoms with van der Waals surface area (Å²) in [6, 6.07) is 1.51. The van der Waals surface area contributed by atoms with Crippen LogP contribution in [0.4, 0.5) is 0 Å². The highest BCUT2D eigenvalue weighted by atomic mass is 16.5. The summed E-state index contributed by atoms with van der Waals surface area (Å²) in [5.41, 5.74) is 0. The molecule has 0 aliphatic carbocycles. The summed E-state index contributed by atoms with van der Waals surface area (Å²) in [6.07, 6.45) is 5.27. The quantitative estimate of drug-likeness (QED) is 0.794. The monoisotopic (exact) mass is 240 g/mol. The van der Waals surface area contributed by atoms with Crippen LogP contribution < -0.4 is 5.32 Å². The van der Waals surface area contributed by atoms with Gasteiger partial charge in [0.15, 0.2) is 0 Å². The Bertz CT molecular complexity index is 220. The Labute approximate surface area is 106 Å². The maximum Gasteiger partial charge on any atom is 0.0521 e. The van der Waals surface area contributed by atoms with E-state index in [1.165, 1.54) is 38.8 Å². The molecule has 0 aromatic rings. The second kappa shape index (κ2) is 6.72. The van der Waals surface area contributed by atoms with Crippen LogP contribution in [-0.2, 0) is 4.74 Å². The SMILES string of the molecule is CCNC1CCOCC1CN1CCCC1CC. The van der Waals surface area contributed by atoms with Crippen LogP contribution in [0.25, 0.3) is 0 Å². The van der Waals surface area contributed by atoms with E-state index in [0.717, 1.165) is 25.8 Å². The lowest BCUT2D eigenvalue weighted by Gasteiger charge is -2.36. The van der Waals surface area contributed by atoms with Gasteiger partial charge in [-0.05, 0) is 38.8 Å². The molecular weight excluding hydrogens is 212 g/mol. The fourth-order valence-electron chi connectivity index (χ4n) is 3.41. The summed E-state index contributed by atoms with van der Waals surface area (Å²) in [6.45, 7) is 10.0. The summed E-state index contributed by atoms with van der Waals surface area (Å²) < 4.78 is 5.67. The van der Waals surface area contributed by atoms with Crippen molar-refractivity contribution in [1.29, 1.82) is 0 Å². The summed E-state index contributed by atoms with van der Waals surface area (Å²) in [7, 11) is 0. The number of ether oxygens (including phenoxy) is 1. The molecule has 17 heavy (non-hydrogen) atoms. The zero-order valence-electron chi connectivity index (χ0n) is 11.5. The third-order valence-corrected chi connectivity index (χ3v) is 4.38. The Morgan fingerprint density at radius 2 is 2.18 bits per heavy atom. The third-order valence-electron chi connectivity index (χ3n) is 4.38. The zero-order chi connectivity index (χ0) is 12.1. The molecule has 0 aromatic heterocycles. The molecule has 0 aromatic carbocycles. The van der Waals surface area contributed by atoms with Crippen LogP contribution in [0.2, 0.25) is 0 Å². The van der Waals surface area contributed by atoms with Crippen LogP contribution in [-0.4, -0.2) is 49.8 Å². The molecule has 3 atom stereocenters. The largest absolute Gasteiger partial charge is 0.381 e. The normalized spacial score (nSPS) is 35.3. The van der Waals surface area contributed by atoms with E-state index in [1.807, 2.05) is 0 Å². The van der Waals surface area contributed by atoms with E-state index in [2.05, 4.69) is 24.1 Å². The maximum atomic E-state index is 5.67. The van der Waals surface area contributed by atoms with Gasteiger partial charge in [0.05, 0.1) is 6.61 Å². The molecule has 1 N–H and O–H groups in total. The van der Waals surface area contributed by atoms with Crippen molar-refractivity contribution >= 4 is 0 Å². The summed E-state index contributed by atoms with van der Waals surface area (Å²) >= 11 is 0. The molecule has 0 radical (unpaired) electrons. The number of likely N-dealkylation sites (tertiary alicyclic amines) is 1. The average molecular weight is 240 g/mol. The molecule has 2 saturated heterocycles. The first-order chi connectivity index (χ1) is 8.35. The van der Waals surface area contributed by atoms with E-state index in [0.29, 0.717) is 12.0 Å². The molecule has 0 spiro atoms. The van der Waals surface area contributed by atoms with Gasteiger partial charge in [-0.2, -0.15) is 0 Å². The van der Waals surface area contributed by atoms with Gasteiger partial charge in [-0.25, -0.2) is 0 Å². The van der Waals surface area contributed by atoms with Crippen molar-refractivity contribution in [2.45, 2.75) is 51.6 Å². The van der Waals surface area contributed by atoms with Crippen molar-refractivity contribution < 1.29 is 4.74 Å². The van der Waals surface area contributed by atoms with Crippen molar-refractivity contribution in [3.8, 4) is 0 Å². The molecule has 3 unspecified atom stereocenters. The van der Waals surface area contributed by atoms with E-state index in [4.69, 9.17) is 4.74 Å². The first-order valence-corrected chi connectivity index (χ1v) is 7.40. The van der Waals surface area contributed by atoms with Crippen LogP contribution in [0.5, 0.6) is 0 Å². The third kappa shape index (κ3) is 3.43. The highest BCUT2D eigenvalue weighted by Crippen LogP contribution is 2.24. The van der Waals surface area contributed by atoms with E-state index in [9.17, 15) is 0 Å². The molecule has 2 aliphatic heterocycles. The van der Waals surface area contributed by atoms with E-state index in [-0.39, 0.29) is 0 Å². The van der Waals surface area contributed by atoms with E-state index in [1.54, 1.807) is 0 Å². The lowest BCUT2D eigenvalue weighted by Crippen LogP contribution is -2.48. The second-order valence-electron chi connectivity index (χ2n) is 5.49. The molecule has 3 heteroatoms. The number of nitrogens with one attached hydrogen (secondary N) is 1. The first kappa shape index (κ1) is 13.3. The Hall–Kier alpha value is -0.120. The fourth-order valence-corrected chi connectivity index (χ4v) is 3.41. The Kier molecular flexibility index (Phi) is 5.26. The summed E-state index contributed by atoms with van der Waals surface area (Å²) in [5, 5.41) is 3.63. The van der Waals surface area contributed by atoms with Crippen LogP contribution >= 0.6 is 0 Å². The van der Waals surface area contributed by atoms with Crippen LogP contribution in [0.15, 0.2) is 0 Å². The lowest BCUT2D eigenvalue weighted by atomic mass is 9.94. The van der Waals surface area contributed by atoms with Gasteiger partial charge < -0.3 is 10.1 Å². The predicted octanol–water partition coefficient (Wildman–Crippen LogP) is 1.88. The Morgan fingerprint density at radius 3 is 2.94 bits per heavy atom. The molecule has 0 bridgehead atoms. The van der Waals surface area contributed by atoms with Gasteiger partial charge in [-0.1, -0.05) is 13.8 Å². The molecule has 2 aliphatic rings. The molecule has 3 nitrogen and oxygen atoms in total. The zero-order valence-corrected chi connectivity index (χ0v) is 11.5. The van der Waals surface area contributed by atoms with Crippen molar-refractivity contribution in [2.75, 3.05) is 32.8 Å². The predicted molar refractivity (Wildman–Crippen MR) is 71.3 cm³/mol. The molecule has 2 heterocycles. The number of hydrogen-bond acceptors (Lipinski definition) is 3. The highest BCUT2D eigenvalue weighted by Gasteiger charge is 2.30. The van der Waals surface area contributed by atoms with Crippen molar-refractivity contribution in [3.05, 3.63) is 0 Å². The summed E-state index contributed by atoms with van der Waals surface area (Å²) in [5.74, 6) is 0.691. The minimum absolute atomic E-state index is 0.673. The number of nitrogens with zero attached hydrogens (tertiary/aromatic N) is 1. The Morgan fingerprint density at radius 1 is 1.29 bits per heavy atom. The van der Waals surface area contributed by atoms with Crippen molar-refractivity contribution in [2.24, 2.45) is 5.92 Å². The Balaban J connectivity index is 1.86. The van der Waals surface area contributed by atoms with Crippen LogP contribution in [0.1, 0.15) is 39.5 Å². The van der Waals surface area contributed by atoms with Gasteiger partial charge in [0, 0.05) is 31.2 Å². The summed E-state index contributed by atoms with van der Waals surface area (Å²) in [4.78, 5) is 2.70. The molecule has 100 valence electrons. The minimum Gasteiger partial charge on any atom is -0.381 e. The van der Waals surface area contributed by atoms with Gasteiger partial charge in [-0.3, -0.25) is 4.90 Å². The van der Waals surface area contributed by atoms with Gasteiger partial charge in [0.1, 0.15) is 0 Å². The van der Waals surface area contributed by atoms with Crippen molar-refractivity contribution in [3.63, 3.8) is 0 Å². The minimum atomic E-state index is 0.673. The van der Waals surface area contributed by atoms with Crippen LogP contribution in [0.3, 0.4) is 0 Å². The number of hydrogen-bond donors (Lipinski definition) is 1. The van der Waals surface area contributed by atoms with E-state index < -0.39 is 0 Å². The van der Waals surface area contributed by atoms with Gasteiger partial charge >= 0.3 is 0 Å². The maximum absolute atomic E-state index is 5.67. The molecule has 0 saturated carbocycles. The molecule has 0 amide bonds. The van der Waals surface area contributed by atoms with Gasteiger partial charge in [0.2, 0.25) is 0 Å². The lowest BCUT2D eigenvalue weighted by molar-refractivity contribution is 0.0150.